The van der Waals surface area contributed by atoms with Crippen LogP contribution in [-0.2, 0) is 5.41 Å². The number of nitrogen functional groups attached to an aromatic ring is 1. The van der Waals surface area contributed by atoms with Crippen LogP contribution in [0.25, 0.3) is 16.8 Å². The van der Waals surface area contributed by atoms with Crippen molar-refractivity contribution < 1.29 is 4.79 Å². The van der Waals surface area contributed by atoms with E-state index in [1.807, 2.05) is 30.5 Å². The Kier molecular flexibility index (Phi) is 4.67. The first-order chi connectivity index (χ1) is 16.5. The number of imidazole rings is 1. The number of hydrogen-bond donors (Lipinski definition) is 3. The normalized spacial score (nSPS) is 21.0. The van der Waals surface area contributed by atoms with Gasteiger partial charge in [0.1, 0.15) is 28.7 Å². The number of carbonyl (C=O) groups is 1. The maximum Gasteiger partial charge on any atom is 0.256 e. The van der Waals surface area contributed by atoms with Gasteiger partial charge in [-0.2, -0.15) is 0 Å². The molecule has 3 aromatic heterocycles. The molecule has 1 saturated carbocycles. The van der Waals surface area contributed by atoms with Crippen molar-refractivity contribution in [2.24, 2.45) is 5.41 Å². The van der Waals surface area contributed by atoms with Crippen LogP contribution < -0.4 is 16.4 Å². The molecule has 6 rings (SSSR count). The van der Waals surface area contributed by atoms with Crippen molar-refractivity contribution in [1.82, 2.24) is 24.7 Å². The van der Waals surface area contributed by atoms with E-state index in [2.05, 4.69) is 31.9 Å². The summed E-state index contributed by atoms with van der Waals surface area (Å²) in [5.41, 5.74) is 9.73. The lowest BCUT2D eigenvalue weighted by Crippen LogP contribution is -2.33. The number of piperidine rings is 1. The molecule has 1 saturated heterocycles. The van der Waals surface area contributed by atoms with Crippen molar-refractivity contribution in [3.63, 3.8) is 0 Å². The molecular weight excluding hydrogens is 426 g/mol. The second kappa shape index (κ2) is 7.63. The molecule has 0 bridgehead atoms. The van der Waals surface area contributed by atoms with E-state index >= 15 is 0 Å². The second-order valence-corrected chi connectivity index (χ2v) is 9.60. The standard InChI is InChI=1S/C26H27N7O/c1-25(16-26(25)9-12-28-13-10-26)24-32-20(21-22(27)30-14-15-33(21)24)17-5-7-18(8-6-17)23(34)31-19-4-2-3-11-29-19/h2-8,11,14-15,28H,9-10,12-13,16H2,1H3,(H2,27,30)(H,29,31,34). The Morgan fingerprint density at radius 1 is 1.09 bits per heavy atom. The van der Waals surface area contributed by atoms with E-state index in [0.29, 0.717) is 22.6 Å². The topological polar surface area (TPSA) is 110 Å². The van der Waals surface area contributed by atoms with Gasteiger partial charge in [0.15, 0.2) is 0 Å². The van der Waals surface area contributed by atoms with Crippen molar-refractivity contribution in [3.8, 4) is 11.3 Å². The van der Waals surface area contributed by atoms with E-state index in [0.717, 1.165) is 55.0 Å². The molecule has 1 amide bonds. The number of aromatic nitrogens is 4. The summed E-state index contributed by atoms with van der Waals surface area (Å²) in [6.45, 7) is 4.44. The minimum atomic E-state index is -0.208. The van der Waals surface area contributed by atoms with E-state index in [4.69, 9.17) is 10.7 Å². The zero-order chi connectivity index (χ0) is 23.3. The van der Waals surface area contributed by atoms with Crippen molar-refractivity contribution in [3.05, 3.63) is 72.4 Å². The minimum absolute atomic E-state index is 0.00652. The Balaban J connectivity index is 1.36. The molecule has 1 aromatic carbocycles. The molecule has 1 atom stereocenters. The lowest BCUT2D eigenvalue weighted by Gasteiger charge is -2.27. The molecule has 4 heterocycles. The molecule has 4 aromatic rings. The molecule has 8 nitrogen and oxygen atoms in total. The Hall–Kier alpha value is -3.78. The van der Waals surface area contributed by atoms with Crippen LogP contribution >= 0.6 is 0 Å². The third-order valence-electron chi connectivity index (χ3n) is 7.70. The van der Waals surface area contributed by atoms with E-state index < -0.39 is 0 Å². The van der Waals surface area contributed by atoms with Gasteiger partial charge in [0.25, 0.3) is 5.91 Å². The van der Waals surface area contributed by atoms with Crippen molar-refractivity contribution in [2.45, 2.75) is 31.6 Å². The number of carbonyl (C=O) groups excluding carboxylic acids is 1. The third-order valence-corrected chi connectivity index (χ3v) is 7.70. The summed E-state index contributed by atoms with van der Waals surface area (Å²) >= 11 is 0. The van der Waals surface area contributed by atoms with Gasteiger partial charge in [-0.3, -0.25) is 9.20 Å². The van der Waals surface area contributed by atoms with Crippen LogP contribution in [0.1, 0.15) is 42.4 Å². The zero-order valence-electron chi connectivity index (χ0n) is 19.1. The van der Waals surface area contributed by atoms with Crippen molar-refractivity contribution in [2.75, 3.05) is 24.1 Å². The summed E-state index contributed by atoms with van der Waals surface area (Å²) in [5.74, 6) is 1.81. The molecular formula is C26H27N7O. The minimum Gasteiger partial charge on any atom is -0.382 e. The number of benzene rings is 1. The fraction of sp³-hybridized carbons (Fsp3) is 0.308. The van der Waals surface area contributed by atoms with Crippen LogP contribution in [0.15, 0.2) is 61.1 Å². The molecule has 4 N–H and O–H groups in total. The average molecular weight is 454 g/mol. The third kappa shape index (κ3) is 3.17. The predicted molar refractivity (Wildman–Crippen MR) is 132 cm³/mol. The Labute approximate surface area is 197 Å². The van der Waals surface area contributed by atoms with E-state index in [1.165, 1.54) is 0 Å². The highest BCUT2D eigenvalue weighted by Gasteiger charge is 2.66. The van der Waals surface area contributed by atoms with Crippen LogP contribution in [0, 0.1) is 5.41 Å². The highest BCUT2D eigenvalue weighted by atomic mass is 16.1. The Morgan fingerprint density at radius 3 is 2.62 bits per heavy atom. The molecule has 34 heavy (non-hydrogen) atoms. The average Bonchev–Trinajstić information content (AvgIpc) is 3.23. The van der Waals surface area contributed by atoms with Crippen LogP contribution in [0.3, 0.4) is 0 Å². The van der Waals surface area contributed by atoms with Gasteiger partial charge in [0.05, 0.1) is 0 Å². The van der Waals surface area contributed by atoms with Crippen LogP contribution in [-0.4, -0.2) is 38.3 Å². The lowest BCUT2D eigenvalue weighted by molar-refractivity contribution is 0.102. The van der Waals surface area contributed by atoms with Crippen LogP contribution in [0.5, 0.6) is 0 Å². The van der Waals surface area contributed by atoms with Gasteiger partial charge in [0.2, 0.25) is 0 Å². The highest BCUT2D eigenvalue weighted by Crippen LogP contribution is 2.68. The monoisotopic (exact) mass is 453 g/mol. The van der Waals surface area contributed by atoms with Gasteiger partial charge in [-0.15, -0.1) is 0 Å². The van der Waals surface area contributed by atoms with Crippen molar-refractivity contribution in [1.29, 1.82) is 0 Å². The van der Waals surface area contributed by atoms with E-state index in [1.54, 1.807) is 30.6 Å². The lowest BCUT2D eigenvalue weighted by atomic mass is 9.85. The quantitative estimate of drug-likeness (QED) is 0.435. The van der Waals surface area contributed by atoms with Crippen LogP contribution in [0.4, 0.5) is 11.6 Å². The van der Waals surface area contributed by atoms with Crippen LogP contribution in [0.2, 0.25) is 0 Å². The first-order valence-electron chi connectivity index (χ1n) is 11.7. The number of fused-ring (bicyclic) bond motifs is 1. The summed E-state index contributed by atoms with van der Waals surface area (Å²) in [6, 6.07) is 12.8. The Bertz CT molecular complexity index is 1370. The molecule has 1 unspecified atom stereocenters. The van der Waals surface area contributed by atoms with Gasteiger partial charge in [-0.05, 0) is 62.0 Å². The molecule has 1 aliphatic carbocycles. The SMILES string of the molecule is CC1(c2nc(-c3ccc(C(=O)Nc4ccccn4)cc3)c3c(N)nccn23)CC12CCNCC2. The molecule has 1 spiro atoms. The molecule has 172 valence electrons. The number of anilines is 2. The summed E-state index contributed by atoms with van der Waals surface area (Å²) in [5, 5.41) is 6.30. The number of rotatable bonds is 4. The summed E-state index contributed by atoms with van der Waals surface area (Å²) in [7, 11) is 0. The van der Waals surface area contributed by atoms with Crippen molar-refractivity contribution >= 4 is 23.1 Å². The maximum absolute atomic E-state index is 12.6. The summed E-state index contributed by atoms with van der Waals surface area (Å²) in [4.78, 5) is 26.3. The van der Waals surface area contributed by atoms with Gasteiger partial charge in [-0.1, -0.05) is 25.1 Å². The number of nitrogens with two attached hydrogens (primary N) is 1. The van der Waals surface area contributed by atoms with Gasteiger partial charge < -0.3 is 16.4 Å². The first kappa shape index (κ1) is 20.8. The zero-order valence-corrected chi connectivity index (χ0v) is 19.1. The first-order valence-corrected chi connectivity index (χ1v) is 11.7. The Morgan fingerprint density at radius 2 is 1.88 bits per heavy atom. The fourth-order valence-electron chi connectivity index (χ4n) is 5.64. The van der Waals surface area contributed by atoms with Gasteiger partial charge in [-0.25, -0.2) is 15.0 Å². The smallest absolute Gasteiger partial charge is 0.256 e. The molecule has 2 fully saturated rings. The number of nitrogens with zero attached hydrogens (tertiary/aromatic N) is 4. The largest absolute Gasteiger partial charge is 0.382 e. The second-order valence-electron chi connectivity index (χ2n) is 9.60. The molecule has 1 aliphatic heterocycles. The number of pyridine rings is 1. The van der Waals surface area contributed by atoms with E-state index in [-0.39, 0.29) is 11.3 Å². The highest BCUT2D eigenvalue weighted by molar-refractivity contribution is 6.04. The summed E-state index contributed by atoms with van der Waals surface area (Å²) < 4.78 is 2.12. The maximum atomic E-state index is 12.6. The number of nitrogens with one attached hydrogen (secondary N) is 2. The fourth-order valence-corrected chi connectivity index (χ4v) is 5.64. The van der Waals surface area contributed by atoms with E-state index in [9.17, 15) is 4.79 Å². The van der Waals surface area contributed by atoms with Gasteiger partial charge in [0, 0.05) is 35.1 Å². The molecule has 0 radical (unpaired) electrons. The summed E-state index contributed by atoms with van der Waals surface area (Å²) in [6.07, 6.45) is 8.80. The predicted octanol–water partition coefficient (Wildman–Crippen LogP) is 3.66. The number of hydrogen-bond acceptors (Lipinski definition) is 6. The number of amides is 1. The van der Waals surface area contributed by atoms with Gasteiger partial charge >= 0.3 is 0 Å². The molecule has 2 aliphatic rings. The molecule has 8 heteroatoms.